The van der Waals surface area contributed by atoms with Crippen LogP contribution in [0.3, 0.4) is 0 Å². The zero-order valence-electron chi connectivity index (χ0n) is 44.8. The molecule has 0 unspecified atom stereocenters. The van der Waals surface area contributed by atoms with Gasteiger partial charge in [-0.25, -0.2) is 9.59 Å². The van der Waals surface area contributed by atoms with E-state index in [1.807, 2.05) is 51.2 Å². The van der Waals surface area contributed by atoms with Gasteiger partial charge in [0.05, 0.1) is 31.0 Å². The van der Waals surface area contributed by atoms with Gasteiger partial charge in [0.2, 0.25) is 5.79 Å². The average Bonchev–Trinajstić information content (AvgIpc) is 3.35. The van der Waals surface area contributed by atoms with Crippen molar-refractivity contribution in [1.29, 1.82) is 0 Å². The number of aliphatic hydroxyl groups is 3. The molecule has 1 saturated carbocycles. The summed E-state index contributed by atoms with van der Waals surface area (Å²) in [6.07, 6.45) is 9.46. The lowest BCUT2D eigenvalue weighted by molar-refractivity contribution is -0.266. The molecule has 3 N–H and O–H groups in total. The van der Waals surface area contributed by atoms with E-state index < -0.39 is 90.0 Å². The molecule has 3 heterocycles. The Kier molecular flexibility index (Phi) is 24.0. The van der Waals surface area contributed by atoms with E-state index in [2.05, 4.69) is 0 Å². The fourth-order valence-electron chi connectivity index (χ4n) is 10.5. The Balaban J connectivity index is 1.72. The molecule has 15 atom stereocenters. The monoisotopic (exact) mass is 1010 g/mol. The number of hydrogen-bond acceptors (Lipinski definition) is 15. The molecule has 3 fully saturated rings. The van der Waals surface area contributed by atoms with E-state index >= 15 is 0 Å². The number of aliphatic hydroxyl groups excluding tert-OH is 2. The molecule has 2 saturated heterocycles. The smallest absolute Gasteiger partial charge is 0.409 e. The van der Waals surface area contributed by atoms with Crippen LogP contribution in [0.25, 0.3) is 0 Å². The molecular weight excluding hydrogens is 929 g/mol. The van der Waals surface area contributed by atoms with Crippen molar-refractivity contribution >= 4 is 35.3 Å². The Morgan fingerprint density at radius 2 is 1.61 bits per heavy atom. The Morgan fingerprint density at radius 3 is 2.29 bits per heavy atom. The topological polar surface area (TPSA) is 225 Å². The van der Waals surface area contributed by atoms with E-state index in [0.29, 0.717) is 63.4 Å². The highest BCUT2D eigenvalue weighted by atomic mass is 16.6. The van der Waals surface area contributed by atoms with Gasteiger partial charge in [-0.1, -0.05) is 71.1 Å². The summed E-state index contributed by atoms with van der Waals surface area (Å²) in [6.45, 7) is 12.5. The number of cyclic esters (lactones) is 1. The Labute approximate surface area is 427 Å². The molecule has 2 bridgehead atoms. The van der Waals surface area contributed by atoms with Crippen molar-refractivity contribution in [3.63, 3.8) is 0 Å². The molecule has 4 aliphatic rings. The fraction of sp³-hybridized carbons (Fsp3) is 0.745. The number of allylic oxidation sites excluding steroid dienone is 6. The van der Waals surface area contributed by atoms with Crippen LogP contribution in [0.4, 0.5) is 4.79 Å². The molecule has 0 spiro atoms. The van der Waals surface area contributed by atoms with Crippen molar-refractivity contribution < 1.29 is 72.5 Å². The van der Waals surface area contributed by atoms with Gasteiger partial charge >= 0.3 is 12.1 Å². The number of carbonyl (C=O) groups excluding carboxylic acids is 6. The summed E-state index contributed by atoms with van der Waals surface area (Å²) in [6, 6.07) is -1.18. The first-order valence-corrected chi connectivity index (χ1v) is 26.1. The number of carbonyl (C=O) groups is 6. The number of amides is 2. The molecule has 4 rings (SSSR count). The van der Waals surface area contributed by atoms with Crippen LogP contribution < -0.4 is 0 Å². The molecule has 2 amide bonds. The lowest BCUT2D eigenvalue weighted by atomic mass is 9.78. The summed E-state index contributed by atoms with van der Waals surface area (Å²) in [5.74, 6) is -8.45. The highest BCUT2D eigenvalue weighted by Crippen LogP contribution is 2.38. The van der Waals surface area contributed by atoms with E-state index in [1.54, 1.807) is 55.0 Å². The van der Waals surface area contributed by atoms with Crippen molar-refractivity contribution in [2.75, 3.05) is 48.1 Å². The molecule has 0 aromatic rings. The van der Waals surface area contributed by atoms with Gasteiger partial charge in [0.1, 0.15) is 36.7 Å². The highest BCUT2D eigenvalue weighted by Gasteiger charge is 2.53. The Bertz CT molecular complexity index is 1960. The van der Waals surface area contributed by atoms with Gasteiger partial charge in [-0.15, -0.1) is 0 Å². The summed E-state index contributed by atoms with van der Waals surface area (Å²) in [5.41, 5.74) is 1.14. The molecule has 406 valence electrons. The molecule has 17 heteroatoms. The van der Waals surface area contributed by atoms with Crippen molar-refractivity contribution in [2.45, 2.75) is 180 Å². The van der Waals surface area contributed by atoms with Crippen molar-refractivity contribution in [1.82, 2.24) is 9.80 Å². The van der Waals surface area contributed by atoms with Gasteiger partial charge in [-0.3, -0.25) is 19.2 Å². The third kappa shape index (κ3) is 16.7. The first-order valence-electron chi connectivity index (χ1n) is 26.1. The van der Waals surface area contributed by atoms with Crippen LogP contribution in [0.5, 0.6) is 0 Å². The van der Waals surface area contributed by atoms with Crippen LogP contribution in [0.1, 0.15) is 126 Å². The minimum atomic E-state index is -2.52. The maximum Gasteiger partial charge on any atom is 0.409 e. The van der Waals surface area contributed by atoms with E-state index in [1.165, 1.54) is 12.0 Å². The Hall–Kier alpha value is -4.10. The van der Waals surface area contributed by atoms with Gasteiger partial charge < -0.3 is 53.5 Å². The number of hydrogen-bond donors (Lipinski definition) is 3. The molecule has 0 aromatic carbocycles. The normalized spacial score (nSPS) is 37.5. The largest absolute Gasteiger partial charge is 0.460 e. The second kappa shape index (κ2) is 28.5. The maximum absolute atomic E-state index is 14.5. The second-order valence-corrected chi connectivity index (χ2v) is 21.2. The van der Waals surface area contributed by atoms with Crippen molar-refractivity contribution in [2.24, 2.45) is 35.5 Å². The van der Waals surface area contributed by atoms with Gasteiger partial charge in [-0.2, -0.15) is 0 Å². The van der Waals surface area contributed by atoms with Crippen LogP contribution >= 0.6 is 0 Å². The van der Waals surface area contributed by atoms with Crippen LogP contribution in [-0.2, 0) is 52.4 Å². The molecule has 0 radical (unpaired) electrons. The predicted octanol–water partition coefficient (Wildman–Crippen LogP) is 6.25. The molecule has 3 aliphatic heterocycles. The SMILES string of the molecule is CO[C@@H]1C[C@H](C[C@@H](C)[C@@H]2CC(=O)[C@H](C)/C=C(\C)[C@@H](O)[C@@H](OC)C(=O)[C@H](C)C[C@H](C)/C=C/C=C/C=C(\C)[C@H](OCCOC(=O)N(C)C)C[C@@H]3CC[C@@H](C)[C@@](O)(O3)C(=O)C(=O)N3CCCC[C@H]3C(=O)O2)CC[C@H]1O. The third-order valence-corrected chi connectivity index (χ3v) is 15.2. The highest BCUT2D eigenvalue weighted by molar-refractivity contribution is 6.39. The minimum absolute atomic E-state index is 0.0323. The van der Waals surface area contributed by atoms with Crippen LogP contribution in [0.15, 0.2) is 47.6 Å². The molecule has 17 nitrogen and oxygen atoms in total. The third-order valence-electron chi connectivity index (χ3n) is 15.2. The zero-order chi connectivity index (χ0) is 53.4. The van der Waals surface area contributed by atoms with Gasteiger partial charge in [0.15, 0.2) is 5.78 Å². The molecule has 72 heavy (non-hydrogen) atoms. The minimum Gasteiger partial charge on any atom is -0.460 e. The summed E-state index contributed by atoms with van der Waals surface area (Å²) in [5, 5.41) is 34.1. The van der Waals surface area contributed by atoms with E-state index in [4.69, 9.17) is 28.4 Å². The predicted molar refractivity (Wildman–Crippen MR) is 269 cm³/mol. The number of methoxy groups -OCH3 is 2. The molecule has 1 aliphatic carbocycles. The summed E-state index contributed by atoms with van der Waals surface area (Å²) in [7, 11) is 6.06. The zero-order valence-corrected chi connectivity index (χ0v) is 44.8. The first kappa shape index (κ1) is 60.5. The number of ketones is 3. The number of ether oxygens (including phenoxy) is 6. The number of Topliss-reactive ketones (excluding diaryl/α,β-unsaturated/α-hetero) is 3. The second-order valence-electron chi connectivity index (χ2n) is 21.2. The fourth-order valence-corrected chi connectivity index (χ4v) is 10.5. The van der Waals surface area contributed by atoms with Crippen molar-refractivity contribution in [3.8, 4) is 0 Å². The van der Waals surface area contributed by atoms with E-state index in [0.717, 1.165) is 10.5 Å². The van der Waals surface area contributed by atoms with Gasteiger partial charge in [-0.05, 0) is 107 Å². The van der Waals surface area contributed by atoms with Crippen LogP contribution in [0, 0.1) is 35.5 Å². The first-order chi connectivity index (χ1) is 34.0. The number of nitrogens with zero attached hydrogens (tertiary/aromatic N) is 2. The summed E-state index contributed by atoms with van der Waals surface area (Å²) in [4.78, 5) is 85.8. The summed E-state index contributed by atoms with van der Waals surface area (Å²) < 4.78 is 35.2. The number of esters is 1. The van der Waals surface area contributed by atoms with Gasteiger partial charge in [0, 0.05) is 65.5 Å². The van der Waals surface area contributed by atoms with Crippen LogP contribution in [0.2, 0.25) is 0 Å². The van der Waals surface area contributed by atoms with Crippen molar-refractivity contribution in [3.05, 3.63) is 47.6 Å². The quantitative estimate of drug-likeness (QED) is 0.101. The number of rotatable bonds is 9. The number of fused-ring (bicyclic) bond motifs is 3. The number of piperidine rings is 1. The standard InChI is InChI=1S/C55H86N2O15/c1-33-17-13-12-14-18-34(2)45(69-25-26-70-54(65)56(8)9)31-41-22-20-39(7)55(66,72-41)51(62)52(63)57-24-16-15-19-42(57)53(64)71-46(36(4)29-40-21-23-43(58)47(30-40)67-10)32-44(59)35(3)28-38(6)49(61)50(68-11)48(60)37(5)27-33/h12-14,17-18,28,33,35-37,39-43,45-47,49-50,58,61,66H,15-16,19-27,29-32H2,1-11H3/b14-12+,17-13+,34-18+,38-28+/t33-,35-,36-,37-,39-,40+,41+,42+,43-,45-,46+,47-,49-,50+,55-/m1/s1. The van der Waals surface area contributed by atoms with E-state index in [-0.39, 0.29) is 74.4 Å². The molecular formula is C55H86N2O15. The maximum atomic E-state index is 14.5. The lowest BCUT2D eigenvalue weighted by Gasteiger charge is -2.43. The van der Waals surface area contributed by atoms with Crippen LogP contribution in [-0.4, -0.2) is 163 Å². The lowest BCUT2D eigenvalue weighted by Crippen LogP contribution is -2.61. The molecule has 0 aromatic heterocycles. The Morgan fingerprint density at radius 1 is 0.889 bits per heavy atom. The van der Waals surface area contributed by atoms with E-state index in [9.17, 15) is 44.1 Å². The summed E-state index contributed by atoms with van der Waals surface area (Å²) >= 11 is 0. The average molecular weight is 1020 g/mol. The van der Waals surface area contributed by atoms with Gasteiger partial charge in [0.25, 0.3) is 11.7 Å².